The van der Waals surface area contributed by atoms with Gasteiger partial charge in [-0.05, 0) is 25.3 Å². The van der Waals surface area contributed by atoms with Crippen molar-refractivity contribution in [3.05, 3.63) is 28.0 Å². The average molecular weight is 331 g/mol. The number of hydrogen-bond donors (Lipinski definition) is 1. The van der Waals surface area contributed by atoms with Crippen LogP contribution >= 0.6 is 23.2 Å². The van der Waals surface area contributed by atoms with Gasteiger partial charge >= 0.3 is 5.97 Å². The molecule has 114 valence electrons. The first kappa shape index (κ1) is 16.0. The van der Waals surface area contributed by atoms with Crippen LogP contribution in [0.5, 0.6) is 0 Å². The fraction of sp³-hybridized carbons (Fsp3) is 0.500. The van der Waals surface area contributed by atoms with Crippen LogP contribution in [0.1, 0.15) is 36.5 Å². The summed E-state index contributed by atoms with van der Waals surface area (Å²) in [6.07, 6.45) is 2.79. The van der Waals surface area contributed by atoms with Gasteiger partial charge in [0.1, 0.15) is 5.15 Å². The summed E-state index contributed by atoms with van der Waals surface area (Å²) in [5.41, 5.74) is -0.424. The first-order valence-electron chi connectivity index (χ1n) is 6.73. The number of hydrogen-bond acceptors (Lipinski definition) is 3. The number of carboxylic acids is 1. The van der Waals surface area contributed by atoms with Crippen molar-refractivity contribution in [3.63, 3.8) is 0 Å². The molecule has 0 atom stereocenters. The molecule has 1 aliphatic rings. The molecule has 0 unspecified atom stereocenters. The second kappa shape index (κ2) is 6.20. The smallest absolute Gasteiger partial charge is 0.309 e. The number of halogens is 2. The van der Waals surface area contributed by atoms with Gasteiger partial charge in [0.2, 0.25) is 0 Å². The molecule has 7 heteroatoms. The van der Waals surface area contributed by atoms with E-state index < -0.39 is 11.4 Å². The van der Waals surface area contributed by atoms with E-state index in [0.29, 0.717) is 37.9 Å². The van der Waals surface area contributed by atoms with E-state index in [0.717, 1.165) is 0 Å². The molecule has 0 spiro atoms. The molecule has 1 aromatic heterocycles. The van der Waals surface area contributed by atoms with Crippen LogP contribution in [0.3, 0.4) is 0 Å². The van der Waals surface area contributed by atoms with E-state index in [1.165, 1.54) is 12.3 Å². The van der Waals surface area contributed by atoms with Crippen molar-refractivity contribution in [2.45, 2.75) is 26.2 Å². The predicted octanol–water partition coefficient (Wildman–Crippen LogP) is 3.11. The first-order valence-corrected chi connectivity index (χ1v) is 7.49. The molecule has 1 fully saturated rings. The number of carbonyl (C=O) groups is 2. The van der Waals surface area contributed by atoms with Crippen molar-refractivity contribution in [2.24, 2.45) is 5.41 Å². The molecule has 21 heavy (non-hydrogen) atoms. The third-order valence-corrected chi connectivity index (χ3v) is 4.70. The summed E-state index contributed by atoms with van der Waals surface area (Å²) in [4.78, 5) is 29.3. The van der Waals surface area contributed by atoms with Gasteiger partial charge in [-0.25, -0.2) is 4.98 Å². The van der Waals surface area contributed by atoms with Crippen LogP contribution in [0.2, 0.25) is 10.2 Å². The highest BCUT2D eigenvalue weighted by Crippen LogP contribution is 2.35. The standard InChI is InChI=1S/C14H16Cl2N2O3/c1-2-14(13(20)21)3-5-18(6-4-14)12(19)9-7-11(16)17-8-10(9)15/h7-8H,2-6H2,1H3,(H,20,21). The second-order valence-electron chi connectivity index (χ2n) is 5.22. The molecule has 2 rings (SSSR count). The number of piperidine rings is 1. The van der Waals surface area contributed by atoms with Gasteiger partial charge in [-0.3, -0.25) is 9.59 Å². The minimum Gasteiger partial charge on any atom is -0.481 e. The van der Waals surface area contributed by atoms with E-state index in [4.69, 9.17) is 23.2 Å². The highest BCUT2D eigenvalue weighted by molar-refractivity contribution is 6.35. The van der Waals surface area contributed by atoms with Crippen LogP contribution in [0, 0.1) is 5.41 Å². The van der Waals surface area contributed by atoms with E-state index in [1.54, 1.807) is 4.90 Å². The average Bonchev–Trinajstić information content (AvgIpc) is 2.49. The predicted molar refractivity (Wildman–Crippen MR) is 79.8 cm³/mol. The lowest BCUT2D eigenvalue weighted by Gasteiger charge is -2.38. The lowest BCUT2D eigenvalue weighted by atomic mass is 9.76. The molecule has 1 aliphatic heterocycles. The van der Waals surface area contributed by atoms with Gasteiger partial charge < -0.3 is 10.0 Å². The minimum absolute atomic E-state index is 0.202. The van der Waals surface area contributed by atoms with Gasteiger partial charge in [0.25, 0.3) is 5.91 Å². The Hall–Kier alpha value is -1.33. The quantitative estimate of drug-likeness (QED) is 0.864. The number of amides is 1. The second-order valence-corrected chi connectivity index (χ2v) is 6.01. The zero-order valence-corrected chi connectivity index (χ0v) is 13.1. The maximum absolute atomic E-state index is 12.4. The molecule has 0 radical (unpaired) electrons. The molecule has 0 saturated carbocycles. The molecule has 1 saturated heterocycles. The van der Waals surface area contributed by atoms with Gasteiger partial charge in [-0.1, -0.05) is 30.1 Å². The van der Waals surface area contributed by atoms with E-state index in [-0.39, 0.29) is 16.1 Å². The zero-order chi connectivity index (χ0) is 15.6. The summed E-state index contributed by atoms with van der Waals surface area (Å²) in [7, 11) is 0. The Bertz CT molecular complexity index is 569. The molecular formula is C14H16Cl2N2O3. The number of aromatic nitrogens is 1. The number of likely N-dealkylation sites (tertiary alicyclic amines) is 1. The molecule has 1 aromatic rings. The fourth-order valence-corrected chi connectivity index (χ4v) is 2.95. The van der Waals surface area contributed by atoms with Gasteiger partial charge in [-0.2, -0.15) is 0 Å². The van der Waals surface area contributed by atoms with E-state index >= 15 is 0 Å². The molecule has 0 aliphatic carbocycles. The summed E-state index contributed by atoms with van der Waals surface area (Å²) < 4.78 is 0. The van der Waals surface area contributed by atoms with E-state index in [2.05, 4.69) is 4.98 Å². The molecule has 1 amide bonds. The Morgan fingerprint density at radius 3 is 2.52 bits per heavy atom. The van der Waals surface area contributed by atoms with Gasteiger partial charge in [0, 0.05) is 19.3 Å². The monoisotopic (exact) mass is 330 g/mol. The van der Waals surface area contributed by atoms with Crippen LogP contribution < -0.4 is 0 Å². The third-order valence-electron chi connectivity index (χ3n) is 4.19. The van der Waals surface area contributed by atoms with Crippen molar-refractivity contribution in [2.75, 3.05) is 13.1 Å². The van der Waals surface area contributed by atoms with Crippen LogP contribution in [-0.2, 0) is 4.79 Å². The Balaban J connectivity index is 2.13. The summed E-state index contributed by atoms with van der Waals surface area (Å²) in [5, 5.41) is 9.81. The summed E-state index contributed by atoms with van der Waals surface area (Å²) in [5.74, 6) is -1.03. The van der Waals surface area contributed by atoms with Crippen LogP contribution in [0.25, 0.3) is 0 Å². The Kier molecular flexibility index (Phi) is 4.74. The normalized spacial score (nSPS) is 17.6. The largest absolute Gasteiger partial charge is 0.481 e. The fourth-order valence-electron chi connectivity index (χ4n) is 2.60. The Labute approximate surface area is 132 Å². The molecule has 0 bridgehead atoms. The van der Waals surface area contributed by atoms with Crippen molar-refractivity contribution >= 4 is 35.1 Å². The van der Waals surface area contributed by atoms with Gasteiger partial charge in [-0.15, -0.1) is 0 Å². The van der Waals surface area contributed by atoms with Crippen molar-refractivity contribution in [1.29, 1.82) is 0 Å². The van der Waals surface area contributed by atoms with Crippen LogP contribution in [0.4, 0.5) is 0 Å². The molecule has 2 heterocycles. The van der Waals surface area contributed by atoms with Gasteiger partial charge in [0.15, 0.2) is 0 Å². The number of rotatable bonds is 3. The van der Waals surface area contributed by atoms with E-state index in [1.807, 2.05) is 6.92 Å². The minimum atomic E-state index is -0.790. The maximum atomic E-state index is 12.4. The van der Waals surface area contributed by atoms with Crippen LogP contribution in [-0.4, -0.2) is 40.0 Å². The molecular weight excluding hydrogens is 315 g/mol. The lowest BCUT2D eigenvalue weighted by molar-refractivity contribution is -0.152. The molecule has 0 aromatic carbocycles. The number of carboxylic acid groups (broad SMARTS) is 1. The maximum Gasteiger partial charge on any atom is 0.309 e. The van der Waals surface area contributed by atoms with E-state index in [9.17, 15) is 14.7 Å². The number of pyridine rings is 1. The summed E-state index contributed by atoms with van der Waals surface area (Å²) in [6.45, 7) is 2.66. The Morgan fingerprint density at radius 2 is 2.00 bits per heavy atom. The number of nitrogens with zero attached hydrogens (tertiary/aromatic N) is 2. The van der Waals surface area contributed by atoms with Gasteiger partial charge in [0.05, 0.1) is 16.0 Å². The van der Waals surface area contributed by atoms with Crippen molar-refractivity contribution in [1.82, 2.24) is 9.88 Å². The summed E-state index contributed by atoms with van der Waals surface area (Å²) in [6, 6.07) is 1.44. The first-order chi connectivity index (χ1) is 9.89. The Morgan fingerprint density at radius 1 is 1.38 bits per heavy atom. The highest BCUT2D eigenvalue weighted by Gasteiger charge is 2.41. The lowest BCUT2D eigenvalue weighted by Crippen LogP contribution is -2.46. The highest BCUT2D eigenvalue weighted by atomic mass is 35.5. The molecule has 1 N–H and O–H groups in total. The topological polar surface area (TPSA) is 70.5 Å². The zero-order valence-electron chi connectivity index (χ0n) is 11.6. The number of aliphatic carboxylic acids is 1. The van der Waals surface area contributed by atoms with Crippen molar-refractivity contribution < 1.29 is 14.7 Å². The SMILES string of the molecule is CCC1(C(=O)O)CCN(C(=O)c2cc(Cl)ncc2Cl)CC1. The molecule has 5 nitrogen and oxygen atoms in total. The van der Waals surface area contributed by atoms with Crippen LogP contribution in [0.15, 0.2) is 12.3 Å². The third kappa shape index (κ3) is 3.14. The van der Waals surface area contributed by atoms with Crippen molar-refractivity contribution in [3.8, 4) is 0 Å². The number of carbonyl (C=O) groups excluding carboxylic acids is 1. The summed E-state index contributed by atoms with van der Waals surface area (Å²) >= 11 is 11.8.